The van der Waals surface area contributed by atoms with Gasteiger partial charge < -0.3 is 30.4 Å². The van der Waals surface area contributed by atoms with E-state index >= 15 is 0 Å². The molecule has 0 radical (unpaired) electrons. The predicted molar refractivity (Wildman–Crippen MR) is 121 cm³/mol. The smallest absolute Gasteiger partial charge is 0.323 e. The molecule has 0 atom stereocenters. The fourth-order valence-corrected chi connectivity index (χ4v) is 3.06. The van der Waals surface area contributed by atoms with Gasteiger partial charge in [-0.2, -0.15) is 0 Å². The molecular formula is C22H44N2O8. The Morgan fingerprint density at radius 3 is 1.34 bits per heavy atom. The van der Waals surface area contributed by atoms with Crippen LogP contribution in [-0.4, -0.2) is 106 Å². The first-order chi connectivity index (χ1) is 15.3. The molecule has 0 unspecified atom stereocenters. The van der Waals surface area contributed by atoms with Crippen LogP contribution in [0, 0.1) is 0 Å². The van der Waals surface area contributed by atoms with Crippen LogP contribution in [-0.2, 0) is 14.4 Å². The van der Waals surface area contributed by atoms with Crippen LogP contribution >= 0.6 is 0 Å². The average Bonchev–Trinajstić information content (AvgIpc) is 2.72. The number of carboxylic acid groups (broad SMARTS) is 2. The van der Waals surface area contributed by atoms with E-state index in [4.69, 9.17) is 25.5 Å². The molecule has 0 aliphatic heterocycles. The third kappa shape index (κ3) is 22.9. The van der Waals surface area contributed by atoms with Crippen molar-refractivity contribution in [1.29, 1.82) is 0 Å². The summed E-state index contributed by atoms with van der Waals surface area (Å²) in [6, 6.07) is 0. The summed E-state index contributed by atoms with van der Waals surface area (Å²) in [5, 5.41) is 42.8. The zero-order valence-electron chi connectivity index (χ0n) is 19.6. The number of amides is 1. The minimum absolute atomic E-state index is 0.0694. The Labute approximate surface area is 191 Å². The third-order valence-corrected chi connectivity index (χ3v) is 4.75. The van der Waals surface area contributed by atoms with Gasteiger partial charge in [-0.05, 0) is 6.42 Å². The maximum absolute atomic E-state index is 11.8. The maximum Gasteiger partial charge on any atom is 0.323 e. The maximum atomic E-state index is 11.8. The molecule has 0 aliphatic rings. The van der Waals surface area contributed by atoms with Crippen molar-refractivity contribution in [1.82, 2.24) is 9.80 Å². The molecule has 0 saturated heterocycles. The Morgan fingerprint density at radius 2 is 1.00 bits per heavy atom. The van der Waals surface area contributed by atoms with Crippen LogP contribution in [0.3, 0.4) is 0 Å². The zero-order chi connectivity index (χ0) is 24.6. The fraction of sp³-hybridized carbons (Fsp3) is 0.864. The number of carbonyl (C=O) groups excluding carboxylic acids is 1. The Balaban J connectivity index is 0. The van der Waals surface area contributed by atoms with E-state index in [1.165, 1.54) is 32.1 Å². The van der Waals surface area contributed by atoms with E-state index in [-0.39, 0.29) is 26.2 Å². The quantitative estimate of drug-likeness (QED) is 0.167. The Bertz CT molecular complexity index is 447. The minimum Gasteiger partial charge on any atom is -0.480 e. The molecule has 0 rings (SSSR count). The average molecular weight is 465 g/mol. The molecule has 0 aromatic carbocycles. The van der Waals surface area contributed by atoms with Gasteiger partial charge in [0.25, 0.3) is 0 Å². The molecule has 32 heavy (non-hydrogen) atoms. The number of hydrogen-bond acceptors (Lipinski definition) is 7. The fourth-order valence-electron chi connectivity index (χ4n) is 3.06. The highest BCUT2D eigenvalue weighted by Gasteiger charge is 2.18. The lowest BCUT2D eigenvalue weighted by Crippen LogP contribution is -2.39. The van der Waals surface area contributed by atoms with Gasteiger partial charge in [-0.15, -0.1) is 0 Å². The van der Waals surface area contributed by atoms with Gasteiger partial charge in [-0.3, -0.25) is 19.3 Å². The predicted octanol–water partition coefficient (Wildman–Crippen LogP) is 1.17. The second-order valence-corrected chi connectivity index (χ2v) is 7.63. The molecule has 0 spiro atoms. The van der Waals surface area contributed by atoms with Crippen molar-refractivity contribution in [3.63, 3.8) is 0 Å². The number of hydrogen-bond donors (Lipinski definition) is 5. The first kappa shape index (κ1) is 32.4. The van der Waals surface area contributed by atoms with Gasteiger partial charge in [0, 0.05) is 26.1 Å². The van der Waals surface area contributed by atoms with Crippen LogP contribution in [0.5, 0.6) is 0 Å². The van der Waals surface area contributed by atoms with Gasteiger partial charge in [0.05, 0.1) is 19.8 Å². The van der Waals surface area contributed by atoms with Crippen molar-refractivity contribution in [2.75, 3.05) is 52.5 Å². The number of nitrogens with zero attached hydrogens (tertiary/aromatic N) is 2. The highest BCUT2D eigenvalue weighted by atomic mass is 16.4. The van der Waals surface area contributed by atoms with Crippen molar-refractivity contribution >= 4 is 17.8 Å². The molecule has 190 valence electrons. The molecule has 10 heteroatoms. The summed E-state index contributed by atoms with van der Waals surface area (Å²) < 4.78 is 0. The van der Waals surface area contributed by atoms with Crippen LogP contribution < -0.4 is 0 Å². The van der Waals surface area contributed by atoms with Crippen molar-refractivity contribution in [2.24, 2.45) is 0 Å². The first-order valence-electron chi connectivity index (χ1n) is 11.6. The highest BCUT2D eigenvalue weighted by molar-refractivity contribution is 5.85. The van der Waals surface area contributed by atoms with Crippen LogP contribution in [0.1, 0.15) is 71.1 Å². The molecule has 0 aromatic heterocycles. The minimum atomic E-state index is -1.19. The summed E-state index contributed by atoms with van der Waals surface area (Å²) in [6.07, 6.45) is 10.4. The number of aliphatic hydroxyl groups is 3. The Kier molecular flexibility index (Phi) is 24.2. The lowest BCUT2D eigenvalue weighted by Gasteiger charge is -2.18. The van der Waals surface area contributed by atoms with E-state index in [2.05, 4.69) is 6.92 Å². The second kappa shape index (κ2) is 23.9. The van der Waals surface area contributed by atoms with Crippen molar-refractivity contribution in [3.05, 3.63) is 0 Å². The van der Waals surface area contributed by atoms with Crippen LogP contribution in [0.15, 0.2) is 0 Å². The van der Waals surface area contributed by atoms with E-state index in [9.17, 15) is 14.4 Å². The molecule has 10 nitrogen and oxygen atoms in total. The number of carboxylic acids is 2. The molecule has 0 bridgehead atoms. The topological polar surface area (TPSA) is 159 Å². The summed E-state index contributed by atoms with van der Waals surface area (Å²) in [4.78, 5) is 35.8. The SMILES string of the molecule is CCCCCCCCCCCC(=O)N(CC(=O)O)CC(=O)O.OCCN(CCO)CCO. The van der Waals surface area contributed by atoms with E-state index in [1.54, 1.807) is 4.90 Å². The van der Waals surface area contributed by atoms with Gasteiger partial charge in [0.1, 0.15) is 13.1 Å². The standard InChI is InChI=1S/C16H29NO5.C6H15NO3/c1-2-3-4-5-6-7-8-9-10-11-14(18)17(12-15(19)20)13-16(21)22;8-4-1-7(2-5-9)3-6-10/h2-13H2,1H3,(H,19,20)(H,21,22);8-10H,1-6H2. The second-order valence-electron chi connectivity index (χ2n) is 7.63. The molecule has 5 N–H and O–H groups in total. The number of aliphatic carboxylic acids is 2. The van der Waals surface area contributed by atoms with Crippen LogP contribution in [0.25, 0.3) is 0 Å². The van der Waals surface area contributed by atoms with E-state index in [0.29, 0.717) is 26.1 Å². The van der Waals surface area contributed by atoms with Crippen molar-refractivity contribution in [3.8, 4) is 0 Å². The molecule has 0 aliphatic carbocycles. The molecule has 0 fully saturated rings. The van der Waals surface area contributed by atoms with Gasteiger partial charge in [-0.25, -0.2) is 0 Å². The van der Waals surface area contributed by atoms with Crippen molar-refractivity contribution < 1.29 is 39.9 Å². The van der Waals surface area contributed by atoms with Gasteiger partial charge in [0.2, 0.25) is 5.91 Å². The third-order valence-electron chi connectivity index (χ3n) is 4.75. The Morgan fingerprint density at radius 1 is 0.625 bits per heavy atom. The first-order valence-corrected chi connectivity index (χ1v) is 11.6. The van der Waals surface area contributed by atoms with Gasteiger partial charge >= 0.3 is 11.9 Å². The summed E-state index contributed by atoms with van der Waals surface area (Å²) in [5.41, 5.74) is 0. The molecule has 1 amide bonds. The van der Waals surface area contributed by atoms with Crippen LogP contribution in [0.2, 0.25) is 0 Å². The molecule has 0 saturated carbocycles. The van der Waals surface area contributed by atoms with Gasteiger partial charge in [-0.1, -0.05) is 58.3 Å². The normalized spacial score (nSPS) is 10.5. The van der Waals surface area contributed by atoms with Crippen LogP contribution in [0.4, 0.5) is 0 Å². The van der Waals surface area contributed by atoms with Gasteiger partial charge in [0.15, 0.2) is 0 Å². The number of aliphatic hydroxyl groups excluding tert-OH is 3. The largest absolute Gasteiger partial charge is 0.480 e. The zero-order valence-corrected chi connectivity index (χ0v) is 19.6. The lowest BCUT2D eigenvalue weighted by molar-refractivity contribution is -0.149. The number of rotatable bonds is 20. The van der Waals surface area contributed by atoms with E-state index in [1.807, 2.05) is 0 Å². The summed E-state index contributed by atoms with van der Waals surface area (Å²) >= 11 is 0. The Hall–Kier alpha value is -1.75. The summed E-state index contributed by atoms with van der Waals surface area (Å²) in [7, 11) is 0. The van der Waals surface area contributed by atoms with E-state index < -0.39 is 30.9 Å². The summed E-state index contributed by atoms with van der Waals surface area (Å²) in [5.74, 6) is -2.78. The molecular weight excluding hydrogens is 420 g/mol. The van der Waals surface area contributed by atoms with E-state index in [0.717, 1.165) is 24.2 Å². The monoisotopic (exact) mass is 464 g/mol. The molecule has 0 aromatic rings. The number of unbranched alkanes of at least 4 members (excludes halogenated alkanes) is 8. The lowest BCUT2D eigenvalue weighted by atomic mass is 10.1. The van der Waals surface area contributed by atoms with Crippen molar-refractivity contribution in [2.45, 2.75) is 71.1 Å². The molecule has 0 heterocycles. The number of carbonyl (C=O) groups is 3. The highest BCUT2D eigenvalue weighted by Crippen LogP contribution is 2.11. The summed E-state index contributed by atoms with van der Waals surface area (Å²) in [6.45, 7) is 2.84.